The summed E-state index contributed by atoms with van der Waals surface area (Å²) in [6.07, 6.45) is 0. The molecule has 2 aromatic carbocycles. The quantitative estimate of drug-likeness (QED) is 0.742. The van der Waals surface area contributed by atoms with Gasteiger partial charge in [0.25, 0.3) is 0 Å². The molecule has 112 valence electrons. The van der Waals surface area contributed by atoms with Gasteiger partial charge in [-0.25, -0.2) is 0 Å². The van der Waals surface area contributed by atoms with E-state index in [1.54, 1.807) is 0 Å². The Bertz CT molecular complexity index is 612. The second kappa shape index (κ2) is 5.98. The maximum absolute atomic E-state index is 6.05. The van der Waals surface area contributed by atoms with E-state index in [4.69, 9.17) is 16.3 Å². The van der Waals surface area contributed by atoms with Crippen molar-refractivity contribution < 1.29 is 4.74 Å². The fourth-order valence-corrected chi connectivity index (χ4v) is 2.24. The Kier molecular flexibility index (Phi) is 4.48. The Morgan fingerprint density at radius 3 is 2.10 bits per heavy atom. The van der Waals surface area contributed by atoms with Gasteiger partial charge in [0.05, 0.1) is 5.69 Å². The summed E-state index contributed by atoms with van der Waals surface area (Å²) in [5.74, 6) is 1.63. The monoisotopic (exact) mass is 303 g/mol. The van der Waals surface area contributed by atoms with Gasteiger partial charge < -0.3 is 9.64 Å². The Morgan fingerprint density at radius 1 is 0.952 bits per heavy atom. The SMILES string of the molecule is CN(C)c1cc(Cl)ccc1Oc1ccc(C(C)(C)C)cc1. The average Bonchev–Trinajstić information content (AvgIpc) is 2.40. The fraction of sp³-hybridized carbons (Fsp3) is 0.333. The molecule has 0 N–H and O–H groups in total. The van der Waals surface area contributed by atoms with Crippen molar-refractivity contribution in [2.45, 2.75) is 26.2 Å². The number of benzene rings is 2. The van der Waals surface area contributed by atoms with Crippen LogP contribution in [0.4, 0.5) is 5.69 Å². The number of nitrogens with zero attached hydrogens (tertiary/aromatic N) is 1. The largest absolute Gasteiger partial charge is 0.455 e. The van der Waals surface area contributed by atoms with E-state index in [0.29, 0.717) is 5.02 Å². The first-order chi connectivity index (χ1) is 9.77. The highest BCUT2D eigenvalue weighted by Crippen LogP contribution is 2.34. The molecule has 0 aromatic heterocycles. The lowest BCUT2D eigenvalue weighted by molar-refractivity contribution is 0.481. The smallest absolute Gasteiger partial charge is 0.150 e. The first kappa shape index (κ1) is 15.7. The molecule has 2 rings (SSSR count). The van der Waals surface area contributed by atoms with Crippen LogP contribution in [0, 0.1) is 0 Å². The van der Waals surface area contributed by atoms with Gasteiger partial charge in [0.1, 0.15) is 5.75 Å². The average molecular weight is 304 g/mol. The number of ether oxygens (including phenoxy) is 1. The molecule has 0 fully saturated rings. The summed E-state index contributed by atoms with van der Waals surface area (Å²) in [4.78, 5) is 1.99. The zero-order valence-corrected chi connectivity index (χ0v) is 14.0. The normalized spacial score (nSPS) is 11.3. The summed E-state index contributed by atoms with van der Waals surface area (Å²) < 4.78 is 5.99. The molecule has 0 unspecified atom stereocenters. The summed E-state index contributed by atoms with van der Waals surface area (Å²) in [6.45, 7) is 6.60. The molecule has 0 radical (unpaired) electrons. The van der Waals surface area contributed by atoms with Gasteiger partial charge in [0.2, 0.25) is 0 Å². The fourth-order valence-electron chi connectivity index (χ4n) is 2.08. The van der Waals surface area contributed by atoms with Crippen molar-refractivity contribution in [1.82, 2.24) is 0 Å². The van der Waals surface area contributed by atoms with Gasteiger partial charge in [-0.1, -0.05) is 44.5 Å². The van der Waals surface area contributed by atoms with Crippen molar-refractivity contribution in [3.63, 3.8) is 0 Å². The Labute approximate surface area is 132 Å². The molecule has 0 aliphatic rings. The Hall–Kier alpha value is -1.67. The zero-order chi connectivity index (χ0) is 15.6. The van der Waals surface area contributed by atoms with E-state index in [2.05, 4.69) is 32.9 Å². The van der Waals surface area contributed by atoms with Crippen molar-refractivity contribution >= 4 is 17.3 Å². The zero-order valence-electron chi connectivity index (χ0n) is 13.3. The van der Waals surface area contributed by atoms with Crippen LogP contribution in [0.2, 0.25) is 5.02 Å². The number of halogens is 1. The lowest BCUT2D eigenvalue weighted by Gasteiger charge is -2.20. The standard InChI is InChI=1S/C18H22ClNO/c1-18(2,3)13-6-9-15(10-7-13)21-17-11-8-14(19)12-16(17)20(4)5/h6-12H,1-5H3. The van der Waals surface area contributed by atoms with Crippen LogP contribution in [-0.4, -0.2) is 14.1 Å². The third-order valence-corrected chi connectivity index (χ3v) is 3.59. The van der Waals surface area contributed by atoms with E-state index in [0.717, 1.165) is 17.2 Å². The van der Waals surface area contributed by atoms with Crippen LogP contribution in [0.1, 0.15) is 26.3 Å². The van der Waals surface area contributed by atoms with E-state index in [-0.39, 0.29) is 5.41 Å². The molecule has 0 atom stereocenters. The van der Waals surface area contributed by atoms with Gasteiger partial charge >= 0.3 is 0 Å². The molecule has 0 bridgehead atoms. The van der Waals surface area contributed by atoms with Crippen LogP contribution in [0.25, 0.3) is 0 Å². The molecule has 21 heavy (non-hydrogen) atoms. The van der Waals surface area contributed by atoms with E-state index >= 15 is 0 Å². The summed E-state index contributed by atoms with van der Waals surface area (Å²) in [5.41, 5.74) is 2.40. The van der Waals surface area contributed by atoms with Gasteiger partial charge in [-0.05, 0) is 41.3 Å². The minimum atomic E-state index is 0.146. The molecular formula is C18H22ClNO. The molecule has 0 aliphatic carbocycles. The predicted octanol–water partition coefficient (Wildman–Crippen LogP) is 5.50. The van der Waals surface area contributed by atoms with E-state index in [1.165, 1.54) is 5.56 Å². The summed E-state index contributed by atoms with van der Waals surface area (Å²) in [5, 5.41) is 0.703. The number of rotatable bonds is 3. The molecule has 0 heterocycles. The van der Waals surface area contributed by atoms with Gasteiger partial charge in [-0.15, -0.1) is 0 Å². The van der Waals surface area contributed by atoms with Gasteiger partial charge in [0.15, 0.2) is 5.75 Å². The molecule has 0 saturated heterocycles. The maximum atomic E-state index is 6.05. The van der Waals surface area contributed by atoms with Crippen molar-refractivity contribution in [2.24, 2.45) is 0 Å². The highest BCUT2D eigenvalue weighted by atomic mass is 35.5. The second-order valence-corrected chi connectivity index (χ2v) is 6.82. The van der Waals surface area contributed by atoms with Crippen molar-refractivity contribution in [1.29, 1.82) is 0 Å². The molecular weight excluding hydrogens is 282 g/mol. The third kappa shape index (κ3) is 3.92. The maximum Gasteiger partial charge on any atom is 0.150 e. The molecule has 0 amide bonds. The van der Waals surface area contributed by atoms with Crippen LogP contribution >= 0.6 is 11.6 Å². The third-order valence-electron chi connectivity index (χ3n) is 3.35. The predicted molar refractivity (Wildman–Crippen MR) is 91.0 cm³/mol. The molecule has 0 spiro atoms. The van der Waals surface area contributed by atoms with Gasteiger partial charge in [-0.2, -0.15) is 0 Å². The van der Waals surface area contributed by atoms with E-state index < -0.39 is 0 Å². The Morgan fingerprint density at radius 2 is 1.57 bits per heavy atom. The lowest BCUT2D eigenvalue weighted by atomic mass is 9.87. The van der Waals surface area contributed by atoms with Crippen LogP contribution in [-0.2, 0) is 5.41 Å². The Balaban J connectivity index is 2.26. The highest BCUT2D eigenvalue weighted by molar-refractivity contribution is 6.30. The molecule has 2 aromatic rings. The minimum absolute atomic E-state index is 0.146. The number of hydrogen-bond donors (Lipinski definition) is 0. The van der Waals surface area contributed by atoms with Crippen molar-refractivity contribution in [2.75, 3.05) is 19.0 Å². The van der Waals surface area contributed by atoms with Gasteiger partial charge in [0, 0.05) is 19.1 Å². The van der Waals surface area contributed by atoms with Crippen molar-refractivity contribution in [3.05, 3.63) is 53.1 Å². The van der Waals surface area contributed by atoms with E-state index in [1.807, 2.05) is 49.3 Å². The highest BCUT2D eigenvalue weighted by Gasteiger charge is 2.13. The molecule has 2 nitrogen and oxygen atoms in total. The summed E-state index contributed by atoms with van der Waals surface area (Å²) in [6, 6.07) is 13.9. The summed E-state index contributed by atoms with van der Waals surface area (Å²) in [7, 11) is 3.95. The van der Waals surface area contributed by atoms with Crippen LogP contribution < -0.4 is 9.64 Å². The van der Waals surface area contributed by atoms with Crippen LogP contribution in [0.15, 0.2) is 42.5 Å². The van der Waals surface area contributed by atoms with Gasteiger partial charge in [-0.3, -0.25) is 0 Å². The minimum Gasteiger partial charge on any atom is -0.455 e. The lowest BCUT2D eigenvalue weighted by Crippen LogP contribution is -2.11. The van der Waals surface area contributed by atoms with Crippen LogP contribution in [0.3, 0.4) is 0 Å². The van der Waals surface area contributed by atoms with E-state index in [9.17, 15) is 0 Å². The van der Waals surface area contributed by atoms with Crippen molar-refractivity contribution in [3.8, 4) is 11.5 Å². The molecule has 0 aliphatic heterocycles. The molecule has 3 heteroatoms. The topological polar surface area (TPSA) is 12.5 Å². The number of anilines is 1. The van der Waals surface area contributed by atoms with Crippen LogP contribution in [0.5, 0.6) is 11.5 Å². The molecule has 0 saturated carbocycles. The first-order valence-electron chi connectivity index (χ1n) is 7.02. The number of hydrogen-bond acceptors (Lipinski definition) is 2. The summed E-state index contributed by atoms with van der Waals surface area (Å²) >= 11 is 6.05. The second-order valence-electron chi connectivity index (χ2n) is 6.38. The first-order valence-corrected chi connectivity index (χ1v) is 7.40.